The van der Waals surface area contributed by atoms with Crippen molar-refractivity contribution in [1.29, 1.82) is 0 Å². The molecule has 2 heterocycles. The largest absolute Gasteiger partial charge is 0.417 e. The maximum Gasteiger partial charge on any atom is 0.417 e. The molecular weight excluding hydrogens is 423 g/mol. The average Bonchev–Trinajstić information content (AvgIpc) is 3.20. The van der Waals surface area contributed by atoms with Gasteiger partial charge in [-0.2, -0.15) is 13.2 Å². The van der Waals surface area contributed by atoms with Gasteiger partial charge in [0.25, 0.3) is 0 Å². The molecule has 0 amide bonds. The quantitative estimate of drug-likeness (QED) is 0.500. The summed E-state index contributed by atoms with van der Waals surface area (Å²) in [6.45, 7) is 0. The van der Waals surface area contributed by atoms with E-state index in [-0.39, 0.29) is 22.8 Å². The van der Waals surface area contributed by atoms with E-state index in [1.165, 1.54) is 12.4 Å². The van der Waals surface area contributed by atoms with Gasteiger partial charge in [-0.25, -0.2) is 23.5 Å². The van der Waals surface area contributed by atoms with Crippen LogP contribution in [0, 0.1) is 0 Å². The topological polar surface area (TPSA) is 140 Å². The zero-order valence-corrected chi connectivity index (χ0v) is 16.0. The molecule has 4 rings (SSSR count). The molecule has 0 radical (unpaired) electrons. The third-order valence-corrected chi connectivity index (χ3v) is 5.56. The molecule has 154 valence electrons. The summed E-state index contributed by atoms with van der Waals surface area (Å²) in [6.07, 6.45) is -2.97. The van der Waals surface area contributed by atoms with Crippen molar-refractivity contribution in [3.05, 3.63) is 42.2 Å². The van der Waals surface area contributed by atoms with Crippen LogP contribution in [0.4, 0.5) is 19.0 Å². The summed E-state index contributed by atoms with van der Waals surface area (Å²) in [4.78, 5) is 7.07. The fourth-order valence-electron chi connectivity index (χ4n) is 3.18. The number of alkyl halides is 3. The van der Waals surface area contributed by atoms with Crippen molar-refractivity contribution >= 4 is 26.6 Å². The number of nitrogens with one attached hydrogen (secondary N) is 1. The normalized spacial score (nSPS) is 12.4. The molecule has 3 N–H and O–H groups in total. The summed E-state index contributed by atoms with van der Waals surface area (Å²) in [5.74, 6) is 0.00859. The number of hydrogen-bond donors (Lipinski definition) is 2. The zero-order chi connectivity index (χ0) is 21.7. The minimum absolute atomic E-state index is 0.168. The van der Waals surface area contributed by atoms with Crippen molar-refractivity contribution in [3.63, 3.8) is 0 Å². The van der Waals surface area contributed by atoms with Gasteiger partial charge >= 0.3 is 6.18 Å². The van der Waals surface area contributed by atoms with Crippen LogP contribution < -0.4 is 5.73 Å². The Balaban J connectivity index is 2.11. The fraction of sp³-hybridized carbons (Fsp3) is 0.118. The number of nitrogens with two attached hydrogens (primary N) is 1. The first-order chi connectivity index (χ1) is 14.1. The predicted molar refractivity (Wildman–Crippen MR) is 101 cm³/mol. The molecule has 2 aromatic heterocycles. The number of sulfone groups is 1. The first kappa shape index (κ1) is 19.7. The highest BCUT2D eigenvalue weighted by atomic mass is 32.2. The first-order valence-electron chi connectivity index (χ1n) is 8.26. The Morgan fingerprint density at radius 1 is 1.10 bits per heavy atom. The van der Waals surface area contributed by atoms with Crippen molar-refractivity contribution in [3.8, 4) is 22.5 Å². The van der Waals surface area contributed by atoms with Crippen LogP contribution >= 0.6 is 0 Å². The minimum atomic E-state index is -4.91. The predicted octanol–water partition coefficient (Wildman–Crippen LogP) is 2.48. The highest BCUT2D eigenvalue weighted by Gasteiger charge is 2.39. The second-order valence-electron chi connectivity index (χ2n) is 6.38. The highest BCUT2D eigenvalue weighted by molar-refractivity contribution is 7.91. The molecule has 0 unspecified atom stereocenters. The highest BCUT2D eigenvalue weighted by Crippen LogP contribution is 2.43. The van der Waals surface area contributed by atoms with Crippen LogP contribution in [-0.4, -0.2) is 45.3 Å². The maximum absolute atomic E-state index is 13.6. The molecule has 0 fully saturated rings. The maximum atomic E-state index is 13.6. The second kappa shape index (κ2) is 6.73. The molecule has 4 aromatic rings. The van der Waals surface area contributed by atoms with Gasteiger partial charge in [-0.15, -0.1) is 5.10 Å². The summed E-state index contributed by atoms with van der Waals surface area (Å²) in [6, 6.07) is 6.62. The number of anilines is 1. The Kier molecular flexibility index (Phi) is 4.42. The summed E-state index contributed by atoms with van der Waals surface area (Å²) < 4.78 is 65.8. The van der Waals surface area contributed by atoms with Crippen molar-refractivity contribution in [2.45, 2.75) is 11.1 Å². The standard InChI is InChI=1S/C17H12F3N7O2S/c1-30(28,29)14-11(17(18,19)20)5-4-9(13(14)16-24-26-27-25-16)8-2-3-10-12(6-8)22-7-23-15(10)21/h2-7H,1H3,(H2,21,22,23)(H,24,25,26,27). The summed E-state index contributed by atoms with van der Waals surface area (Å²) in [5.41, 5.74) is 5.20. The molecule has 0 aliphatic carbocycles. The lowest BCUT2D eigenvalue weighted by molar-refractivity contribution is -0.139. The molecule has 0 spiro atoms. The third-order valence-electron chi connectivity index (χ3n) is 4.39. The molecule has 0 atom stereocenters. The van der Waals surface area contributed by atoms with Crippen molar-refractivity contribution < 1.29 is 21.6 Å². The first-order valence-corrected chi connectivity index (χ1v) is 10.2. The van der Waals surface area contributed by atoms with E-state index in [9.17, 15) is 21.6 Å². The van der Waals surface area contributed by atoms with Gasteiger partial charge in [0, 0.05) is 17.2 Å². The van der Waals surface area contributed by atoms with E-state index in [2.05, 4.69) is 30.6 Å². The Labute approximate surface area is 167 Å². The minimum Gasteiger partial charge on any atom is -0.383 e. The number of nitrogens with zero attached hydrogens (tertiary/aromatic N) is 5. The Hall–Kier alpha value is -3.61. The molecule has 0 aliphatic heterocycles. The van der Waals surface area contributed by atoms with Gasteiger partial charge in [-0.05, 0) is 39.8 Å². The van der Waals surface area contributed by atoms with E-state index >= 15 is 0 Å². The van der Waals surface area contributed by atoms with Gasteiger partial charge < -0.3 is 5.73 Å². The van der Waals surface area contributed by atoms with E-state index < -0.39 is 26.5 Å². The number of aromatic nitrogens is 6. The third kappa shape index (κ3) is 3.32. The zero-order valence-electron chi connectivity index (χ0n) is 15.1. The van der Waals surface area contributed by atoms with Gasteiger partial charge in [0.1, 0.15) is 12.1 Å². The number of nitrogen functional groups attached to an aromatic ring is 1. The van der Waals surface area contributed by atoms with Gasteiger partial charge in [0.2, 0.25) is 0 Å². The molecule has 2 aromatic carbocycles. The lowest BCUT2D eigenvalue weighted by Crippen LogP contribution is -2.15. The fourth-order valence-corrected chi connectivity index (χ4v) is 4.34. The molecule has 13 heteroatoms. The summed E-state index contributed by atoms with van der Waals surface area (Å²) >= 11 is 0. The van der Waals surface area contributed by atoms with Gasteiger partial charge in [0.05, 0.1) is 16.0 Å². The SMILES string of the molecule is CS(=O)(=O)c1c(C(F)(F)F)ccc(-c2ccc3c(N)ncnc3c2)c1-c1nnn[nH]1. The van der Waals surface area contributed by atoms with Crippen LogP contribution in [0.3, 0.4) is 0 Å². The van der Waals surface area contributed by atoms with Crippen LogP contribution in [0.5, 0.6) is 0 Å². The molecule has 0 aliphatic rings. The van der Waals surface area contributed by atoms with Crippen LogP contribution in [0.1, 0.15) is 5.56 Å². The van der Waals surface area contributed by atoms with E-state index in [0.29, 0.717) is 22.7 Å². The number of aromatic amines is 1. The van der Waals surface area contributed by atoms with Crippen molar-refractivity contribution in [2.24, 2.45) is 0 Å². The average molecular weight is 435 g/mol. The van der Waals surface area contributed by atoms with Crippen LogP contribution in [-0.2, 0) is 16.0 Å². The Bertz CT molecular complexity index is 1370. The summed E-state index contributed by atoms with van der Waals surface area (Å²) in [5, 5.41) is 13.3. The second-order valence-corrected chi connectivity index (χ2v) is 8.33. The van der Waals surface area contributed by atoms with E-state index in [1.54, 1.807) is 18.2 Å². The number of fused-ring (bicyclic) bond motifs is 1. The number of benzene rings is 2. The molecule has 9 nitrogen and oxygen atoms in total. The molecule has 0 saturated heterocycles. The summed E-state index contributed by atoms with van der Waals surface area (Å²) in [7, 11) is -4.33. The molecule has 30 heavy (non-hydrogen) atoms. The van der Waals surface area contributed by atoms with Crippen LogP contribution in [0.2, 0.25) is 0 Å². The number of tetrazole rings is 1. The van der Waals surface area contributed by atoms with Crippen LogP contribution in [0.25, 0.3) is 33.4 Å². The Morgan fingerprint density at radius 3 is 2.50 bits per heavy atom. The van der Waals surface area contributed by atoms with E-state index in [4.69, 9.17) is 5.73 Å². The van der Waals surface area contributed by atoms with E-state index in [0.717, 1.165) is 6.07 Å². The molecule has 0 saturated carbocycles. The monoisotopic (exact) mass is 435 g/mol. The smallest absolute Gasteiger partial charge is 0.383 e. The number of hydrogen-bond acceptors (Lipinski definition) is 8. The van der Waals surface area contributed by atoms with Gasteiger partial charge in [0.15, 0.2) is 15.7 Å². The van der Waals surface area contributed by atoms with Crippen molar-refractivity contribution in [2.75, 3.05) is 12.0 Å². The number of rotatable bonds is 3. The van der Waals surface area contributed by atoms with Crippen LogP contribution in [0.15, 0.2) is 41.6 Å². The van der Waals surface area contributed by atoms with Gasteiger partial charge in [-0.3, -0.25) is 0 Å². The lowest BCUT2D eigenvalue weighted by Gasteiger charge is -2.18. The number of halogens is 3. The Morgan fingerprint density at radius 2 is 1.87 bits per heavy atom. The van der Waals surface area contributed by atoms with E-state index in [1.807, 2.05) is 0 Å². The number of H-pyrrole nitrogens is 1. The molecular formula is C17H12F3N7O2S. The van der Waals surface area contributed by atoms with Crippen molar-refractivity contribution in [1.82, 2.24) is 30.6 Å². The van der Waals surface area contributed by atoms with Gasteiger partial charge in [-0.1, -0.05) is 12.1 Å². The lowest BCUT2D eigenvalue weighted by atomic mass is 9.95. The molecule has 0 bridgehead atoms.